The van der Waals surface area contributed by atoms with Crippen molar-refractivity contribution >= 4 is 5.97 Å². The Balaban J connectivity index is 2.99. The van der Waals surface area contributed by atoms with Crippen molar-refractivity contribution in [1.29, 1.82) is 0 Å². The smallest absolute Gasteiger partial charge is 0.331 e. The van der Waals surface area contributed by atoms with Crippen LogP contribution in [0.1, 0.15) is 73.6 Å². The number of ether oxygens (including phenoxy) is 1. The topological polar surface area (TPSA) is 26.3 Å². The van der Waals surface area contributed by atoms with Gasteiger partial charge in [-0.05, 0) is 64.9 Å². The number of hydrogen-bond acceptors (Lipinski definition) is 2. The molecular weight excluding hydrogens is 284 g/mol. The van der Waals surface area contributed by atoms with Crippen molar-refractivity contribution in [2.75, 3.05) is 0 Å². The normalized spacial score (nSPS) is 28.6. The van der Waals surface area contributed by atoms with Crippen molar-refractivity contribution in [2.45, 2.75) is 79.8 Å². The highest BCUT2D eigenvalue weighted by atomic mass is 16.5. The molecule has 0 fully saturated rings. The molecule has 2 nitrogen and oxygen atoms in total. The Labute approximate surface area is 142 Å². The highest BCUT2D eigenvalue weighted by molar-refractivity contribution is 5.83. The van der Waals surface area contributed by atoms with Crippen LogP contribution in [0.4, 0.5) is 0 Å². The summed E-state index contributed by atoms with van der Waals surface area (Å²) in [6.07, 6.45) is 11.2. The van der Waals surface area contributed by atoms with Gasteiger partial charge in [0.15, 0.2) is 0 Å². The second-order valence-electron chi connectivity index (χ2n) is 7.29. The molecule has 0 bridgehead atoms. The standard InChI is InChI=1S/C21H34O2/c1-7-16(4)14-21(22)23-20-13-18(6)10-8-9-17(5)11-12-19(20)15(2)3/h9,13-15,19-20H,7-8,10-12H2,1-6H3/b16-14+,17-9+,18-13+/t19-,20-/m0/s1. The SMILES string of the molecule is CC/C(C)=C/C(=O)O[C@H]1/C=C(\C)CC/C=C(\C)CC[C@H]1C(C)C. The molecule has 2 heteroatoms. The molecule has 0 N–H and O–H groups in total. The average Bonchev–Trinajstić information content (AvgIpc) is 2.46. The average molecular weight is 319 g/mol. The van der Waals surface area contributed by atoms with Gasteiger partial charge in [-0.25, -0.2) is 4.79 Å². The van der Waals surface area contributed by atoms with Crippen molar-refractivity contribution in [1.82, 2.24) is 0 Å². The molecule has 1 aliphatic carbocycles. The van der Waals surface area contributed by atoms with Crippen molar-refractivity contribution in [3.63, 3.8) is 0 Å². The number of carbonyl (C=O) groups excluding carboxylic acids is 1. The predicted molar refractivity (Wildman–Crippen MR) is 98.2 cm³/mol. The van der Waals surface area contributed by atoms with Crippen LogP contribution in [0, 0.1) is 11.8 Å². The zero-order chi connectivity index (χ0) is 17.4. The first-order chi connectivity index (χ1) is 10.8. The summed E-state index contributed by atoms with van der Waals surface area (Å²) in [7, 11) is 0. The molecule has 0 aliphatic heterocycles. The van der Waals surface area contributed by atoms with Gasteiger partial charge in [0, 0.05) is 12.0 Å². The number of carbonyl (C=O) groups is 1. The van der Waals surface area contributed by atoms with Crippen LogP contribution >= 0.6 is 0 Å². The Morgan fingerprint density at radius 3 is 2.61 bits per heavy atom. The van der Waals surface area contributed by atoms with Gasteiger partial charge in [0.1, 0.15) is 6.10 Å². The lowest BCUT2D eigenvalue weighted by Gasteiger charge is -2.29. The first-order valence-corrected chi connectivity index (χ1v) is 9.04. The summed E-state index contributed by atoms with van der Waals surface area (Å²) in [5.41, 5.74) is 3.84. The highest BCUT2D eigenvalue weighted by Gasteiger charge is 2.26. The second kappa shape index (κ2) is 9.75. The lowest BCUT2D eigenvalue weighted by molar-refractivity contribution is -0.144. The van der Waals surface area contributed by atoms with Crippen LogP contribution in [0.3, 0.4) is 0 Å². The molecule has 0 spiro atoms. The third kappa shape index (κ3) is 7.20. The minimum absolute atomic E-state index is 0.116. The monoisotopic (exact) mass is 318 g/mol. The summed E-state index contributed by atoms with van der Waals surface area (Å²) in [6, 6.07) is 0. The minimum atomic E-state index is -0.201. The maximum absolute atomic E-state index is 12.2. The fourth-order valence-electron chi connectivity index (χ4n) is 3.00. The van der Waals surface area contributed by atoms with E-state index in [0.717, 1.165) is 37.7 Å². The van der Waals surface area contributed by atoms with Crippen LogP contribution in [0.15, 0.2) is 34.9 Å². The van der Waals surface area contributed by atoms with Gasteiger partial charge in [-0.1, -0.05) is 43.6 Å². The molecule has 0 saturated heterocycles. The first-order valence-electron chi connectivity index (χ1n) is 9.04. The minimum Gasteiger partial charge on any atom is -0.455 e. The van der Waals surface area contributed by atoms with Gasteiger partial charge in [-0.3, -0.25) is 0 Å². The molecule has 0 saturated carbocycles. The summed E-state index contributed by atoms with van der Waals surface area (Å²) >= 11 is 0. The molecule has 0 unspecified atom stereocenters. The van der Waals surface area contributed by atoms with E-state index in [-0.39, 0.29) is 12.1 Å². The van der Waals surface area contributed by atoms with Gasteiger partial charge in [0.25, 0.3) is 0 Å². The zero-order valence-electron chi connectivity index (χ0n) is 15.8. The Morgan fingerprint density at radius 2 is 2.00 bits per heavy atom. The van der Waals surface area contributed by atoms with E-state index in [1.807, 2.05) is 6.92 Å². The molecule has 0 aromatic rings. The van der Waals surface area contributed by atoms with E-state index >= 15 is 0 Å². The lowest BCUT2D eigenvalue weighted by atomic mass is 9.83. The Kier molecular flexibility index (Phi) is 8.36. The van der Waals surface area contributed by atoms with Crippen LogP contribution in [-0.2, 0) is 9.53 Å². The molecule has 0 radical (unpaired) electrons. The quantitative estimate of drug-likeness (QED) is 0.361. The van der Waals surface area contributed by atoms with Crippen molar-refractivity contribution in [3.8, 4) is 0 Å². The molecule has 23 heavy (non-hydrogen) atoms. The Hall–Kier alpha value is -1.31. The van der Waals surface area contributed by atoms with Crippen LogP contribution in [0.5, 0.6) is 0 Å². The van der Waals surface area contributed by atoms with Crippen molar-refractivity contribution in [3.05, 3.63) is 34.9 Å². The van der Waals surface area contributed by atoms with Gasteiger partial charge in [-0.2, -0.15) is 0 Å². The van der Waals surface area contributed by atoms with Crippen LogP contribution in [-0.4, -0.2) is 12.1 Å². The number of hydrogen-bond donors (Lipinski definition) is 0. The van der Waals surface area contributed by atoms with E-state index in [4.69, 9.17) is 4.74 Å². The molecule has 2 atom stereocenters. The van der Waals surface area contributed by atoms with E-state index in [2.05, 4.69) is 46.8 Å². The summed E-state index contributed by atoms with van der Waals surface area (Å²) < 4.78 is 5.86. The van der Waals surface area contributed by atoms with Gasteiger partial charge < -0.3 is 4.74 Å². The molecule has 0 aromatic heterocycles. The highest BCUT2D eigenvalue weighted by Crippen LogP contribution is 2.29. The van der Waals surface area contributed by atoms with Crippen molar-refractivity contribution < 1.29 is 9.53 Å². The zero-order valence-corrected chi connectivity index (χ0v) is 15.8. The van der Waals surface area contributed by atoms with E-state index in [0.29, 0.717) is 11.8 Å². The second-order valence-corrected chi connectivity index (χ2v) is 7.29. The van der Waals surface area contributed by atoms with E-state index in [1.165, 1.54) is 11.1 Å². The number of rotatable bonds is 4. The van der Waals surface area contributed by atoms with Crippen LogP contribution < -0.4 is 0 Å². The lowest BCUT2D eigenvalue weighted by Crippen LogP contribution is -2.29. The van der Waals surface area contributed by atoms with Crippen molar-refractivity contribution in [2.24, 2.45) is 11.8 Å². The molecule has 0 heterocycles. The Bertz CT molecular complexity index is 480. The fraction of sp³-hybridized carbons (Fsp3) is 0.667. The maximum atomic E-state index is 12.2. The molecular formula is C21H34O2. The van der Waals surface area contributed by atoms with Gasteiger partial charge in [-0.15, -0.1) is 0 Å². The first kappa shape index (κ1) is 19.7. The maximum Gasteiger partial charge on any atom is 0.331 e. The largest absolute Gasteiger partial charge is 0.455 e. The molecule has 1 aliphatic rings. The molecule has 1 rings (SSSR count). The number of esters is 1. The fourth-order valence-corrected chi connectivity index (χ4v) is 3.00. The van der Waals surface area contributed by atoms with Crippen LogP contribution in [0.2, 0.25) is 0 Å². The third-order valence-electron chi connectivity index (χ3n) is 4.80. The molecule has 0 amide bonds. The van der Waals surface area contributed by atoms with Gasteiger partial charge >= 0.3 is 5.97 Å². The van der Waals surface area contributed by atoms with Crippen LogP contribution in [0.25, 0.3) is 0 Å². The predicted octanol–water partition coefficient (Wildman–Crippen LogP) is 5.99. The molecule has 0 aromatic carbocycles. The van der Waals surface area contributed by atoms with Gasteiger partial charge in [0.05, 0.1) is 0 Å². The summed E-state index contributed by atoms with van der Waals surface area (Å²) in [6.45, 7) is 12.9. The third-order valence-corrected chi connectivity index (χ3v) is 4.80. The summed E-state index contributed by atoms with van der Waals surface area (Å²) in [5.74, 6) is 0.652. The van der Waals surface area contributed by atoms with E-state index in [9.17, 15) is 4.79 Å². The summed E-state index contributed by atoms with van der Waals surface area (Å²) in [4.78, 5) is 12.2. The number of allylic oxidation sites excluding steroid dienone is 4. The van der Waals surface area contributed by atoms with E-state index < -0.39 is 0 Å². The molecule has 130 valence electrons. The van der Waals surface area contributed by atoms with Gasteiger partial charge in [0.2, 0.25) is 0 Å². The Morgan fingerprint density at radius 1 is 1.30 bits per heavy atom. The van der Waals surface area contributed by atoms with E-state index in [1.54, 1.807) is 6.08 Å². The summed E-state index contributed by atoms with van der Waals surface area (Å²) in [5, 5.41) is 0.